The van der Waals surface area contributed by atoms with E-state index >= 15 is 0 Å². The third-order valence-corrected chi connectivity index (χ3v) is 2.01. The van der Waals surface area contributed by atoms with Gasteiger partial charge in [0.25, 0.3) is 0 Å². The maximum atomic E-state index is 8.99. The second-order valence-electron chi connectivity index (χ2n) is 3.57. The molecule has 0 fully saturated rings. The maximum absolute atomic E-state index is 8.99. The van der Waals surface area contributed by atoms with Crippen molar-refractivity contribution in [3.63, 3.8) is 0 Å². The highest BCUT2D eigenvalue weighted by Crippen LogP contribution is 2.00. The zero-order valence-corrected chi connectivity index (χ0v) is 8.17. The van der Waals surface area contributed by atoms with Crippen LogP contribution in [0.5, 0.6) is 0 Å². The minimum atomic E-state index is -0.143. The van der Waals surface area contributed by atoms with E-state index in [1.54, 1.807) is 0 Å². The zero-order chi connectivity index (χ0) is 8.85. The van der Waals surface area contributed by atoms with Gasteiger partial charge in [0.05, 0.1) is 6.10 Å². The Hall–Kier alpha value is -0.0800. The molecule has 11 heavy (non-hydrogen) atoms. The van der Waals surface area contributed by atoms with Crippen molar-refractivity contribution in [3.05, 3.63) is 0 Å². The number of hydrogen-bond donors (Lipinski definition) is 1. The lowest BCUT2D eigenvalue weighted by molar-refractivity contribution is 0.170. The molecule has 2 heteroatoms. The average Bonchev–Trinajstić information content (AvgIpc) is 1.86. The number of hydrogen-bond acceptors (Lipinski definition) is 2. The van der Waals surface area contributed by atoms with Gasteiger partial charge >= 0.3 is 0 Å². The Morgan fingerprint density at radius 2 is 1.82 bits per heavy atom. The van der Waals surface area contributed by atoms with Crippen molar-refractivity contribution < 1.29 is 5.11 Å². The lowest BCUT2D eigenvalue weighted by Gasteiger charge is -2.20. The zero-order valence-electron chi connectivity index (χ0n) is 8.17. The number of aliphatic hydroxyl groups excluding tert-OH is 1. The Kier molecular flexibility index (Phi) is 5.51. The summed E-state index contributed by atoms with van der Waals surface area (Å²) in [6, 6.07) is 0.615. The summed E-state index contributed by atoms with van der Waals surface area (Å²) in [6.07, 6.45) is 1.86. The van der Waals surface area contributed by atoms with E-state index < -0.39 is 0 Å². The van der Waals surface area contributed by atoms with Gasteiger partial charge in [0.2, 0.25) is 0 Å². The van der Waals surface area contributed by atoms with E-state index in [0.717, 1.165) is 19.4 Å². The highest BCUT2D eigenvalue weighted by molar-refractivity contribution is 4.57. The van der Waals surface area contributed by atoms with Crippen LogP contribution in [-0.4, -0.2) is 35.7 Å². The van der Waals surface area contributed by atoms with E-state index in [0.29, 0.717) is 6.04 Å². The van der Waals surface area contributed by atoms with E-state index in [1.807, 2.05) is 6.92 Å². The monoisotopic (exact) mass is 159 g/mol. The first kappa shape index (κ1) is 10.9. The Balaban J connectivity index is 3.24. The molecule has 0 amide bonds. The number of aliphatic hydroxyl groups is 1. The molecule has 2 nitrogen and oxygen atoms in total. The predicted molar refractivity (Wildman–Crippen MR) is 48.7 cm³/mol. The highest BCUT2D eigenvalue weighted by Gasteiger charge is 2.02. The van der Waals surface area contributed by atoms with Crippen LogP contribution >= 0.6 is 0 Å². The summed E-state index contributed by atoms with van der Waals surface area (Å²) in [7, 11) is 2.12. The first-order chi connectivity index (χ1) is 5.04. The second-order valence-corrected chi connectivity index (χ2v) is 3.57. The Labute approximate surface area is 70.2 Å². The molecule has 0 bridgehead atoms. The van der Waals surface area contributed by atoms with Gasteiger partial charge < -0.3 is 10.0 Å². The first-order valence-corrected chi connectivity index (χ1v) is 4.42. The SMILES string of the molecule is CC(C)N(C)CCC[C@H](C)O. The van der Waals surface area contributed by atoms with Crippen LogP contribution in [0.25, 0.3) is 0 Å². The van der Waals surface area contributed by atoms with Crippen molar-refractivity contribution in [2.45, 2.75) is 45.8 Å². The highest BCUT2D eigenvalue weighted by atomic mass is 16.3. The third kappa shape index (κ3) is 6.32. The van der Waals surface area contributed by atoms with Gasteiger partial charge in [-0.2, -0.15) is 0 Å². The van der Waals surface area contributed by atoms with Crippen LogP contribution in [0, 0.1) is 0 Å². The van der Waals surface area contributed by atoms with Gasteiger partial charge in [-0.3, -0.25) is 0 Å². The van der Waals surface area contributed by atoms with Crippen LogP contribution in [-0.2, 0) is 0 Å². The van der Waals surface area contributed by atoms with Crippen molar-refractivity contribution in [1.29, 1.82) is 0 Å². The Morgan fingerprint density at radius 1 is 1.27 bits per heavy atom. The molecule has 68 valence electrons. The van der Waals surface area contributed by atoms with Gasteiger partial charge in [0.15, 0.2) is 0 Å². The van der Waals surface area contributed by atoms with Crippen LogP contribution in [0.3, 0.4) is 0 Å². The molecular weight excluding hydrogens is 138 g/mol. The minimum Gasteiger partial charge on any atom is -0.393 e. The summed E-state index contributed by atoms with van der Waals surface area (Å²) in [5.41, 5.74) is 0. The van der Waals surface area contributed by atoms with Crippen molar-refractivity contribution in [2.75, 3.05) is 13.6 Å². The molecule has 0 unspecified atom stereocenters. The average molecular weight is 159 g/mol. The molecule has 0 aromatic rings. The standard InChI is InChI=1S/C9H21NO/c1-8(2)10(4)7-5-6-9(3)11/h8-9,11H,5-7H2,1-4H3/t9-/m0/s1. The lowest BCUT2D eigenvalue weighted by Crippen LogP contribution is -2.27. The molecule has 0 heterocycles. The smallest absolute Gasteiger partial charge is 0.0512 e. The molecule has 1 atom stereocenters. The van der Waals surface area contributed by atoms with E-state index in [1.165, 1.54) is 0 Å². The fourth-order valence-corrected chi connectivity index (χ4v) is 0.894. The van der Waals surface area contributed by atoms with E-state index in [4.69, 9.17) is 5.11 Å². The first-order valence-electron chi connectivity index (χ1n) is 4.42. The third-order valence-electron chi connectivity index (χ3n) is 2.01. The van der Waals surface area contributed by atoms with E-state index in [-0.39, 0.29) is 6.10 Å². The summed E-state index contributed by atoms with van der Waals surface area (Å²) in [5, 5.41) is 8.99. The van der Waals surface area contributed by atoms with Gasteiger partial charge in [-0.05, 0) is 47.2 Å². The van der Waals surface area contributed by atoms with Crippen LogP contribution in [0.1, 0.15) is 33.6 Å². The Bertz CT molecular complexity index is 91.6. The molecule has 0 aromatic heterocycles. The van der Waals surface area contributed by atoms with Crippen LogP contribution in [0.15, 0.2) is 0 Å². The lowest BCUT2D eigenvalue weighted by atomic mass is 10.2. The summed E-state index contributed by atoms with van der Waals surface area (Å²) in [4.78, 5) is 2.29. The summed E-state index contributed by atoms with van der Waals surface area (Å²) >= 11 is 0. The molecule has 0 rings (SSSR count). The summed E-state index contributed by atoms with van der Waals surface area (Å²) in [5.74, 6) is 0. The molecule has 0 aliphatic rings. The molecule has 0 aliphatic heterocycles. The van der Waals surface area contributed by atoms with Crippen molar-refractivity contribution in [3.8, 4) is 0 Å². The topological polar surface area (TPSA) is 23.5 Å². The van der Waals surface area contributed by atoms with Gasteiger partial charge in [-0.25, -0.2) is 0 Å². The molecule has 0 radical (unpaired) electrons. The summed E-state index contributed by atoms with van der Waals surface area (Å²) in [6.45, 7) is 7.29. The van der Waals surface area contributed by atoms with Crippen LogP contribution in [0.4, 0.5) is 0 Å². The molecule has 0 saturated carbocycles. The molecule has 0 aromatic carbocycles. The van der Waals surface area contributed by atoms with Gasteiger partial charge in [-0.1, -0.05) is 0 Å². The quantitative estimate of drug-likeness (QED) is 0.657. The van der Waals surface area contributed by atoms with Crippen LogP contribution in [0.2, 0.25) is 0 Å². The van der Waals surface area contributed by atoms with Crippen molar-refractivity contribution in [1.82, 2.24) is 4.90 Å². The Morgan fingerprint density at radius 3 is 2.18 bits per heavy atom. The molecule has 0 aliphatic carbocycles. The molecular formula is C9H21NO. The minimum absolute atomic E-state index is 0.143. The van der Waals surface area contributed by atoms with Crippen LogP contribution < -0.4 is 0 Å². The van der Waals surface area contributed by atoms with Gasteiger partial charge in [0, 0.05) is 6.04 Å². The van der Waals surface area contributed by atoms with Gasteiger partial charge in [-0.15, -0.1) is 0 Å². The van der Waals surface area contributed by atoms with Gasteiger partial charge in [0.1, 0.15) is 0 Å². The fraction of sp³-hybridized carbons (Fsp3) is 1.00. The molecule has 1 N–H and O–H groups in total. The normalized spacial score (nSPS) is 14.5. The largest absolute Gasteiger partial charge is 0.393 e. The molecule has 0 spiro atoms. The van der Waals surface area contributed by atoms with Crippen molar-refractivity contribution >= 4 is 0 Å². The fourth-order valence-electron chi connectivity index (χ4n) is 0.894. The predicted octanol–water partition coefficient (Wildman–Crippen LogP) is 1.49. The number of nitrogens with zero attached hydrogens (tertiary/aromatic N) is 1. The summed E-state index contributed by atoms with van der Waals surface area (Å²) < 4.78 is 0. The maximum Gasteiger partial charge on any atom is 0.0512 e. The second kappa shape index (κ2) is 5.56. The molecule has 0 saturated heterocycles. The van der Waals surface area contributed by atoms with Crippen molar-refractivity contribution in [2.24, 2.45) is 0 Å². The number of rotatable bonds is 5. The van der Waals surface area contributed by atoms with E-state index in [9.17, 15) is 0 Å². The van der Waals surface area contributed by atoms with E-state index in [2.05, 4.69) is 25.8 Å².